The van der Waals surface area contributed by atoms with Gasteiger partial charge in [-0.1, -0.05) is 182 Å². The van der Waals surface area contributed by atoms with Crippen LogP contribution in [0.2, 0.25) is 0 Å². The number of rotatable bonds is 20. The van der Waals surface area contributed by atoms with E-state index in [9.17, 15) is 0 Å². The second kappa shape index (κ2) is 23.1. The van der Waals surface area contributed by atoms with Gasteiger partial charge in [0.05, 0.1) is 52.9 Å². The summed E-state index contributed by atoms with van der Waals surface area (Å²) >= 11 is 0. The number of hydrogen-bond acceptors (Lipinski definition) is 11. The standard InChI is InChI=1S/C55H58O11/c1-56-54-52(61-36-44-28-16-6-17-29-44)50(59-34-42-24-12-4-13-25-42)49-46(64-54)39-63-55(66-49)53(62-37-45-30-18-7-19-31-45)51(60-35-43-26-14-5-15-27-43)48(58-33-41-22-10-3-11-23-41)47(65-55)38-57-32-40-20-8-2-9-21-40/h2-31,46-54H,32-39H2,1H3/t46-,47-,48+,49+,50-,51+,52-,53-,54+,55+/m1/s1. The summed E-state index contributed by atoms with van der Waals surface area (Å²) in [4.78, 5) is 0. The highest BCUT2D eigenvalue weighted by Gasteiger charge is 2.65. The van der Waals surface area contributed by atoms with Gasteiger partial charge < -0.3 is 52.1 Å². The van der Waals surface area contributed by atoms with Gasteiger partial charge in [0, 0.05) is 7.11 Å². The van der Waals surface area contributed by atoms with Crippen molar-refractivity contribution < 1.29 is 52.1 Å². The highest BCUT2D eigenvalue weighted by atomic mass is 16.9. The van der Waals surface area contributed by atoms with Crippen molar-refractivity contribution in [2.75, 3.05) is 20.3 Å². The number of benzene rings is 6. The summed E-state index contributed by atoms with van der Waals surface area (Å²) in [7, 11) is 1.60. The molecule has 0 unspecified atom stereocenters. The highest BCUT2D eigenvalue weighted by Crippen LogP contribution is 2.45. The highest BCUT2D eigenvalue weighted by molar-refractivity contribution is 5.18. The summed E-state index contributed by atoms with van der Waals surface area (Å²) in [5.41, 5.74) is 5.91. The minimum absolute atomic E-state index is 0.0465. The molecule has 11 nitrogen and oxygen atoms in total. The summed E-state index contributed by atoms with van der Waals surface area (Å²) in [6, 6.07) is 60.1. The Morgan fingerprint density at radius 2 is 0.833 bits per heavy atom. The predicted octanol–water partition coefficient (Wildman–Crippen LogP) is 8.97. The third-order valence-electron chi connectivity index (χ3n) is 12.0. The van der Waals surface area contributed by atoms with Gasteiger partial charge in [-0.3, -0.25) is 0 Å². The largest absolute Gasteiger partial charge is 0.374 e. The molecule has 6 aromatic rings. The van der Waals surface area contributed by atoms with Crippen molar-refractivity contribution in [1.29, 1.82) is 0 Å². The van der Waals surface area contributed by atoms with E-state index >= 15 is 0 Å². The van der Waals surface area contributed by atoms with E-state index < -0.39 is 61.1 Å². The minimum atomic E-state index is -1.87. The molecule has 3 aliphatic heterocycles. The SMILES string of the molecule is CO[C@H]1O[C@@H]2CO[C@]3(O[C@@H]2[C@@H](OCc2ccccc2)[C@H]1OCc1ccccc1)O[C@H](COCc1ccccc1)[C@H](OCc1ccccc1)[C@H](OCc1ccccc1)[C@H]3OCc1ccccc1. The van der Waals surface area contributed by atoms with E-state index in [0.717, 1.165) is 33.4 Å². The van der Waals surface area contributed by atoms with Crippen LogP contribution in [-0.4, -0.2) is 81.4 Å². The van der Waals surface area contributed by atoms with Crippen molar-refractivity contribution in [3.05, 3.63) is 215 Å². The molecule has 3 aliphatic rings. The zero-order valence-electron chi connectivity index (χ0n) is 37.2. The van der Waals surface area contributed by atoms with Crippen LogP contribution in [0.15, 0.2) is 182 Å². The molecular formula is C55H58O11. The lowest BCUT2D eigenvalue weighted by atomic mass is 9.93. The summed E-state index contributed by atoms with van der Waals surface area (Å²) in [5.74, 6) is -1.87. The quantitative estimate of drug-likeness (QED) is 0.0735. The first-order chi connectivity index (χ1) is 32.6. The number of hydrogen-bond donors (Lipinski definition) is 0. The molecule has 1 spiro atoms. The van der Waals surface area contributed by atoms with Gasteiger partial charge in [-0.15, -0.1) is 0 Å². The molecule has 0 bridgehead atoms. The normalized spacial score (nSPS) is 27.3. The van der Waals surface area contributed by atoms with Crippen LogP contribution in [0.25, 0.3) is 0 Å². The van der Waals surface area contributed by atoms with Crippen molar-refractivity contribution in [2.45, 2.75) is 101 Å². The Hall–Kier alpha value is -5.12. The van der Waals surface area contributed by atoms with E-state index in [2.05, 4.69) is 0 Å². The zero-order valence-corrected chi connectivity index (χ0v) is 37.2. The summed E-state index contributed by atoms with van der Waals surface area (Å²) < 4.78 is 75.2. The van der Waals surface area contributed by atoms with Gasteiger partial charge in [0.25, 0.3) is 0 Å². The Balaban J connectivity index is 1.10. The Morgan fingerprint density at radius 3 is 1.29 bits per heavy atom. The molecule has 0 saturated carbocycles. The average molecular weight is 895 g/mol. The molecule has 0 aliphatic carbocycles. The van der Waals surface area contributed by atoms with Crippen LogP contribution >= 0.6 is 0 Å². The van der Waals surface area contributed by atoms with Gasteiger partial charge in [0.1, 0.15) is 42.7 Å². The minimum Gasteiger partial charge on any atom is -0.374 e. The fourth-order valence-electron chi connectivity index (χ4n) is 8.68. The number of ether oxygens (including phenoxy) is 11. The third kappa shape index (κ3) is 11.7. The maximum atomic E-state index is 7.34. The summed E-state index contributed by atoms with van der Waals surface area (Å²) in [6.45, 7) is 1.79. The fraction of sp³-hybridized carbons (Fsp3) is 0.345. The number of fused-ring (bicyclic) bond motifs is 1. The average Bonchev–Trinajstić information content (AvgIpc) is 3.38. The predicted molar refractivity (Wildman–Crippen MR) is 245 cm³/mol. The zero-order chi connectivity index (χ0) is 44.8. The third-order valence-corrected chi connectivity index (χ3v) is 12.0. The van der Waals surface area contributed by atoms with Gasteiger partial charge in [-0.2, -0.15) is 0 Å². The molecule has 3 fully saturated rings. The second-order valence-electron chi connectivity index (χ2n) is 16.7. The van der Waals surface area contributed by atoms with Crippen LogP contribution < -0.4 is 0 Å². The Kier molecular flexibility index (Phi) is 16.1. The van der Waals surface area contributed by atoms with Crippen LogP contribution in [0, 0.1) is 0 Å². The van der Waals surface area contributed by atoms with Crippen LogP contribution in [0.1, 0.15) is 33.4 Å². The summed E-state index contributed by atoms with van der Waals surface area (Å²) in [5, 5.41) is 0. The van der Waals surface area contributed by atoms with Crippen LogP contribution in [0.4, 0.5) is 0 Å². The topological polar surface area (TPSA) is 102 Å². The molecule has 3 saturated heterocycles. The van der Waals surface area contributed by atoms with E-state index in [4.69, 9.17) is 52.1 Å². The Morgan fingerprint density at radius 1 is 0.439 bits per heavy atom. The van der Waals surface area contributed by atoms with Crippen molar-refractivity contribution in [3.63, 3.8) is 0 Å². The number of methoxy groups -OCH3 is 1. The van der Waals surface area contributed by atoms with Crippen molar-refractivity contribution in [1.82, 2.24) is 0 Å². The van der Waals surface area contributed by atoms with Gasteiger partial charge in [0.2, 0.25) is 0 Å². The first-order valence-electron chi connectivity index (χ1n) is 22.7. The molecule has 66 heavy (non-hydrogen) atoms. The molecular weight excluding hydrogens is 837 g/mol. The second-order valence-corrected chi connectivity index (χ2v) is 16.7. The van der Waals surface area contributed by atoms with E-state index in [1.807, 2.05) is 182 Å². The van der Waals surface area contributed by atoms with Gasteiger partial charge in [0.15, 0.2) is 12.4 Å². The van der Waals surface area contributed by atoms with Crippen LogP contribution in [0.5, 0.6) is 0 Å². The molecule has 10 atom stereocenters. The van der Waals surface area contributed by atoms with E-state index in [1.165, 1.54) is 0 Å². The molecule has 3 heterocycles. The van der Waals surface area contributed by atoms with Gasteiger partial charge >= 0.3 is 5.97 Å². The monoisotopic (exact) mass is 894 g/mol. The lowest BCUT2D eigenvalue weighted by Gasteiger charge is -2.57. The fourth-order valence-corrected chi connectivity index (χ4v) is 8.68. The molecule has 0 aromatic heterocycles. The lowest BCUT2D eigenvalue weighted by molar-refractivity contribution is -0.517. The van der Waals surface area contributed by atoms with E-state index in [0.29, 0.717) is 6.61 Å². The molecule has 0 radical (unpaired) electrons. The van der Waals surface area contributed by atoms with E-state index in [1.54, 1.807) is 7.11 Å². The smallest absolute Gasteiger partial charge is 0.314 e. The molecule has 11 heteroatoms. The lowest BCUT2D eigenvalue weighted by Crippen LogP contribution is -2.75. The van der Waals surface area contributed by atoms with Crippen molar-refractivity contribution in [2.24, 2.45) is 0 Å². The van der Waals surface area contributed by atoms with E-state index in [-0.39, 0.29) is 46.2 Å². The van der Waals surface area contributed by atoms with Crippen molar-refractivity contribution in [3.8, 4) is 0 Å². The Labute approximate surface area is 387 Å². The molecule has 0 amide bonds. The van der Waals surface area contributed by atoms with Crippen LogP contribution in [0.3, 0.4) is 0 Å². The maximum Gasteiger partial charge on any atom is 0.314 e. The molecule has 344 valence electrons. The maximum absolute atomic E-state index is 7.34. The van der Waals surface area contributed by atoms with Crippen LogP contribution in [-0.2, 0) is 91.7 Å². The van der Waals surface area contributed by atoms with Crippen molar-refractivity contribution >= 4 is 0 Å². The summed E-state index contributed by atoms with van der Waals surface area (Å²) in [6.07, 6.45) is -6.97. The molecule has 9 rings (SSSR count). The van der Waals surface area contributed by atoms with Gasteiger partial charge in [-0.25, -0.2) is 0 Å². The molecule has 6 aromatic carbocycles. The Bertz CT molecular complexity index is 2290. The first kappa shape index (κ1) is 46.0. The molecule has 0 N–H and O–H groups in total. The van der Waals surface area contributed by atoms with Gasteiger partial charge in [-0.05, 0) is 33.4 Å². The first-order valence-corrected chi connectivity index (χ1v) is 22.7.